The second kappa shape index (κ2) is 11.2. The number of carbonyl (C=O) groups excluding carboxylic acids is 4. The van der Waals surface area contributed by atoms with Gasteiger partial charge in [0.2, 0.25) is 5.91 Å². The summed E-state index contributed by atoms with van der Waals surface area (Å²) < 4.78 is 0. The minimum absolute atomic E-state index is 0.0427. The van der Waals surface area contributed by atoms with Gasteiger partial charge in [0.1, 0.15) is 6.04 Å². The molecule has 0 aliphatic carbocycles. The third-order valence-electron chi connectivity index (χ3n) is 6.03. The number of nitrogens with one attached hydrogen (secondary N) is 2. The van der Waals surface area contributed by atoms with Gasteiger partial charge < -0.3 is 10.2 Å². The van der Waals surface area contributed by atoms with E-state index in [1.165, 1.54) is 17.0 Å². The molecule has 10 heteroatoms. The van der Waals surface area contributed by atoms with Crippen molar-refractivity contribution in [1.82, 2.24) is 10.4 Å². The van der Waals surface area contributed by atoms with Crippen molar-refractivity contribution in [2.75, 3.05) is 10.2 Å². The Hall–Kier alpha value is -4.21. The normalized spacial score (nSPS) is 15.2. The molecule has 1 aliphatic heterocycles. The number of hydrogen-bond donors (Lipinski definition) is 3. The zero-order valence-corrected chi connectivity index (χ0v) is 20.7. The number of hydroxylamine groups is 1. The average molecular weight is 521 g/mol. The van der Waals surface area contributed by atoms with Gasteiger partial charge in [-0.1, -0.05) is 47.5 Å². The summed E-state index contributed by atoms with van der Waals surface area (Å²) in [5.41, 5.74) is 4.40. The average Bonchev–Trinajstić information content (AvgIpc) is 3.12. The Labute approximate surface area is 218 Å². The number of imide groups is 1. The summed E-state index contributed by atoms with van der Waals surface area (Å²) >= 11 is 5.98. The SMILES string of the molecule is Cc1ccc(CN2C(=O)N(c3ccc(Cl)cc3)C(=O)C2CCC(=O)Nc2cccc(C(=O)NO)c2)cc1. The fraction of sp³-hybridized carbons (Fsp3) is 0.185. The first-order valence-electron chi connectivity index (χ1n) is 11.6. The molecule has 3 aromatic rings. The highest BCUT2D eigenvalue weighted by Crippen LogP contribution is 2.30. The van der Waals surface area contributed by atoms with Crippen molar-refractivity contribution in [3.63, 3.8) is 0 Å². The van der Waals surface area contributed by atoms with E-state index in [4.69, 9.17) is 16.8 Å². The first kappa shape index (κ1) is 25.9. The molecule has 1 fully saturated rings. The van der Waals surface area contributed by atoms with E-state index in [1.807, 2.05) is 31.2 Å². The molecule has 3 aromatic carbocycles. The number of aryl methyl sites for hydroxylation is 1. The predicted octanol–water partition coefficient (Wildman–Crippen LogP) is 4.52. The maximum absolute atomic E-state index is 13.4. The Balaban J connectivity index is 1.51. The van der Waals surface area contributed by atoms with Crippen LogP contribution in [0.25, 0.3) is 0 Å². The van der Waals surface area contributed by atoms with Gasteiger partial charge in [-0.25, -0.2) is 15.2 Å². The van der Waals surface area contributed by atoms with Crippen molar-refractivity contribution in [3.05, 3.63) is 94.5 Å². The zero-order chi connectivity index (χ0) is 26.5. The van der Waals surface area contributed by atoms with Crippen LogP contribution < -0.4 is 15.7 Å². The summed E-state index contributed by atoms with van der Waals surface area (Å²) in [5, 5.41) is 12.0. The number of anilines is 2. The van der Waals surface area contributed by atoms with E-state index in [0.29, 0.717) is 16.4 Å². The number of benzene rings is 3. The summed E-state index contributed by atoms with van der Waals surface area (Å²) in [7, 11) is 0. The number of halogens is 1. The summed E-state index contributed by atoms with van der Waals surface area (Å²) in [5.74, 6) is -1.52. The molecule has 190 valence electrons. The second-order valence-electron chi connectivity index (χ2n) is 8.67. The third kappa shape index (κ3) is 5.96. The smallest absolute Gasteiger partial charge is 0.326 e. The lowest BCUT2D eigenvalue weighted by molar-refractivity contribution is -0.120. The Bertz CT molecular complexity index is 1330. The van der Waals surface area contributed by atoms with Crippen molar-refractivity contribution < 1.29 is 24.4 Å². The minimum Gasteiger partial charge on any atom is -0.326 e. The standard InChI is InChI=1S/C27H25ClN4O5/c1-17-5-7-18(8-6-17)16-31-23(26(35)32(27(31)36)22-11-9-20(28)10-12-22)13-14-24(33)29-21-4-2-3-19(15-21)25(34)30-37/h2-12,15,23,37H,13-14,16H2,1H3,(H,29,33)(H,30,34). The van der Waals surface area contributed by atoms with Crippen molar-refractivity contribution in [3.8, 4) is 0 Å². The number of rotatable bonds is 8. The molecule has 3 N–H and O–H groups in total. The van der Waals surface area contributed by atoms with Crippen molar-refractivity contribution in [2.24, 2.45) is 0 Å². The Kier molecular flexibility index (Phi) is 7.86. The maximum Gasteiger partial charge on any atom is 0.332 e. The van der Waals surface area contributed by atoms with Crippen LogP contribution in [0.2, 0.25) is 5.02 Å². The van der Waals surface area contributed by atoms with Gasteiger partial charge in [-0.3, -0.25) is 19.6 Å². The van der Waals surface area contributed by atoms with Crippen LogP contribution in [0.4, 0.5) is 16.2 Å². The molecule has 1 saturated heterocycles. The van der Waals surface area contributed by atoms with E-state index in [-0.39, 0.29) is 30.9 Å². The quantitative estimate of drug-likeness (QED) is 0.229. The molecule has 1 heterocycles. The van der Waals surface area contributed by atoms with Crippen LogP contribution in [0.3, 0.4) is 0 Å². The van der Waals surface area contributed by atoms with E-state index < -0.39 is 23.9 Å². The highest BCUT2D eigenvalue weighted by atomic mass is 35.5. The Morgan fingerprint density at radius 3 is 2.38 bits per heavy atom. The predicted molar refractivity (Wildman–Crippen MR) is 138 cm³/mol. The van der Waals surface area contributed by atoms with Gasteiger partial charge in [-0.05, 0) is 61.4 Å². The van der Waals surface area contributed by atoms with Crippen LogP contribution in [0.15, 0.2) is 72.8 Å². The van der Waals surface area contributed by atoms with Crippen molar-refractivity contribution in [2.45, 2.75) is 32.4 Å². The Morgan fingerprint density at radius 1 is 1.00 bits per heavy atom. The molecule has 37 heavy (non-hydrogen) atoms. The van der Waals surface area contributed by atoms with Gasteiger partial charge >= 0.3 is 6.03 Å². The topological polar surface area (TPSA) is 119 Å². The molecule has 5 amide bonds. The fourth-order valence-corrected chi connectivity index (χ4v) is 4.23. The van der Waals surface area contributed by atoms with E-state index in [0.717, 1.165) is 16.0 Å². The largest absolute Gasteiger partial charge is 0.332 e. The summed E-state index contributed by atoms with van der Waals surface area (Å²) in [4.78, 5) is 53.7. The van der Waals surface area contributed by atoms with Crippen LogP contribution >= 0.6 is 11.6 Å². The lowest BCUT2D eigenvalue weighted by Crippen LogP contribution is -2.35. The summed E-state index contributed by atoms with van der Waals surface area (Å²) in [6.07, 6.45) is 0.0577. The van der Waals surface area contributed by atoms with Crippen LogP contribution in [0.1, 0.15) is 34.3 Å². The second-order valence-corrected chi connectivity index (χ2v) is 9.11. The lowest BCUT2D eigenvalue weighted by Gasteiger charge is -2.22. The molecule has 0 aromatic heterocycles. The number of hydrogen-bond acceptors (Lipinski definition) is 5. The molecule has 0 radical (unpaired) electrons. The zero-order valence-electron chi connectivity index (χ0n) is 20.0. The van der Waals surface area contributed by atoms with Crippen LogP contribution in [-0.4, -0.2) is 39.9 Å². The molecule has 1 atom stereocenters. The van der Waals surface area contributed by atoms with E-state index in [1.54, 1.807) is 41.9 Å². The van der Waals surface area contributed by atoms with Gasteiger partial charge in [0.15, 0.2) is 0 Å². The number of nitrogens with zero attached hydrogens (tertiary/aromatic N) is 2. The van der Waals surface area contributed by atoms with Crippen LogP contribution in [0.5, 0.6) is 0 Å². The van der Waals surface area contributed by atoms with Crippen molar-refractivity contribution in [1.29, 1.82) is 0 Å². The first-order valence-corrected chi connectivity index (χ1v) is 11.9. The van der Waals surface area contributed by atoms with Gasteiger partial charge in [-0.2, -0.15) is 0 Å². The third-order valence-corrected chi connectivity index (χ3v) is 6.28. The molecule has 1 aliphatic rings. The molecule has 0 saturated carbocycles. The maximum atomic E-state index is 13.4. The number of urea groups is 1. The molecule has 0 bridgehead atoms. The number of amides is 5. The molecule has 1 unspecified atom stereocenters. The highest BCUT2D eigenvalue weighted by Gasteiger charge is 2.45. The lowest BCUT2D eigenvalue weighted by atomic mass is 10.1. The van der Waals surface area contributed by atoms with Crippen molar-refractivity contribution >= 4 is 46.7 Å². The monoisotopic (exact) mass is 520 g/mol. The molecule has 0 spiro atoms. The van der Waals surface area contributed by atoms with Gasteiger partial charge in [0.05, 0.1) is 5.69 Å². The molecule has 9 nitrogen and oxygen atoms in total. The fourth-order valence-electron chi connectivity index (χ4n) is 4.11. The molecule has 4 rings (SSSR count). The minimum atomic E-state index is -0.846. The molecular formula is C27H25ClN4O5. The first-order chi connectivity index (χ1) is 17.8. The Morgan fingerprint density at radius 2 is 1.70 bits per heavy atom. The van der Waals surface area contributed by atoms with Crippen LogP contribution in [0, 0.1) is 6.92 Å². The highest BCUT2D eigenvalue weighted by molar-refractivity contribution is 6.30. The summed E-state index contributed by atoms with van der Waals surface area (Å²) in [6.45, 7) is 2.17. The van der Waals surface area contributed by atoms with Gasteiger partial charge in [0, 0.05) is 29.2 Å². The van der Waals surface area contributed by atoms with E-state index in [9.17, 15) is 19.2 Å². The van der Waals surface area contributed by atoms with Crippen LogP contribution in [-0.2, 0) is 16.1 Å². The number of carbonyl (C=O) groups is 4. The van der Waals surface area contributed by atoms with E-state index >= 15 is 0 Å². The molecular weight excluding hydrogens is 496 g/mol. The van der Waals surface area contributed by atoms with E-state index in [2.05, 4.69) is 5.32 Å². The van der Waals surface area contributed by atoms with Gasteiger partial charge in [0.25, 0.3) is 11.8 Å². The van der Waals surface area contributed by atoms with Gasteiger partial charge in [-0.15, -0.1) is 0 Å². The summed E-state index contributed by atoms with van der Waals surface area (Å²) in [6, 6.07) is 18.8.